The molecule has 1 aromatic rings. The number of carbonyl (C=O) groups excluding carboxylic acids is 1. The number of hydrogen-bond acceptors (Lipinski definition) is 4. The maximum absolute atomic E-state index is 11.5. The third kappa shape index (κ3) is 6.16. The van der Waals surface area contributed by atoms with Gasteiger partial charge >= 0.3 is 5.97 Å². The Morgan fingerprint density at radius 2 is 1.59 bits per heavy atom. The lowest BCUT2D eigenvalue weighted by Gasteiger charge is -2.45. The lowest BCUT2D eigenvalue weighted by molar-refractivity contribution is -0.146. The smallest absolute Gasteiger partial charge is 0.302 e. The van der Waals surface area contributed by atoms with E-state index in [0.717, 1.165) is 12.8 Å². The quantitative estimate of drug-likeness (QED) is 0.338. The molecule has 1 saturated carbocycles. The second-order valence-corrected chi connectivity index (χ2v) is 14.8. The second-order valence-electron chi connectivity index (χ2n) is 9.44. The van der Waals surface area contributed by atoms with Crippen LogP contribution in [0.4, 0.5) is 0 Å². The first-order chi connectivity index (χ1) is 13.7. The Morgan fingerprint density at radius 3 is 2.10 bits per heavy atom. The van der Waals surface area contributed by atoms with Gasteiger partial charge in [-0.3, -0.25) is 4.79 Å². The van der Waals surface area contributed by atoms with Crippen LogP contribution in [-0.2, 0) is 25.3 Å². The molecule has 0 radical (unpaired) electrons. The number of hydrogen-bond donors (Lipinski definition) is 0. The molecular weight excluding hydrogens is 380 g/mol. The molecular formula is C24H40O4Si. The van der Waals surface area contributed by atoms with Crippen molar-refractivity contribution in [3.63, 3.8) is 0 Å². The zero-order chi connectivity index (χ0) is 21.6. The summed E-state index contributed by atoms with van der Waals surface area (Å²) in [7, 11) is -2.00. The fourth-order valence-corrected chi connectivity index (χ4v) is 10.9. The van der Waals surface area contributed by atoms with Crippen molar-refractivity contribution in [1.82, 2.24) is 0 Å². The largest absolute Gasteiger partial charge is 0.462 e. The molecule has 2 rings (SSSR count). The molecule has 0 amide bonds. The Balaban J connectivity index is 2.12. The Labute approximate surface area is 178 Å². The molecule has 0 aromatic heterocycles. The summed E-state index contributed by atoms with van der Waals surface area (Å²) < 4.78 is 18.7. The van der Waals surface area contributed by atoms with Crippen LogP contribution in [0.25, 0.3) is 0 Å². The molecule has 0 N–H and O–H groups in total. The van der Waals surface area contributed by atoms with E-state index in [1.54, 1.807) is 0 Å². The van der Waals surface area contributed by atoms with Gasteiger partial charge in [0.25, 0.3) is 0 Å². The maximum atomic E-state index is 11.5. The van der Waals surface area contributed by atoms with E-state index in [1.165, 1.54) is 12.5 Å². The molecule has 164 valence electrons. The predicted octanol–water partition coefficient (Wildman–Crippen LogP) is 6.11. The van der Waals surface area contributed by atoms with Gasteiger partial charge < -0.3 is 13.9 Å². The van der Waals surface area contributed by atoms with E-state index in [4.69, 9.17) is 13.9 Å². The van der Waals surface area contributed by atoms with E-state index in [2.05, 4.69) is 53.7 Å². The lowest BCUT2D eigenvalue weighted by atomic mass is 10.1. The Kier molecular flexibility index (Phi) is 8.92. The van der Waals surface area contributed by atoms with Crippen LogP contribution < -0.4 is 0 Å². The minimum Gasteiger partial charge on any atom is -0.462 e. The SMILES string of the molecule is CC(=O)OC1CC(COCc2ccccc2)C(O[Si](C(C)C)(C(C)C)C(C)C)C1. The van der Waals surface area contributed by atoms with Crippen LogP contribution in [0.5, 0.6) is 0 Å². The molecule has 0 saturated heterocycles. The molecule has 4 nitrogen and oxygen atoms in total. The van der Waals surface area contributed by atoms with E-state index < -0.39 is 8.32 Å². The number of ether oxygens (including phenoxy) is 2. The van der Waals surface area contributed by atoms with Crippen LogP contribution >= 0.6 is 0 Å². The van der Waals surface area contributed by atoms with Crippen molar-refractivity contribution in [3.8, 4) is 0 Å². The van der Waals surface area contributed by atoms with Crippen molar-refractivity contribution in [2.75, 3.05) is 6.61 Å². The average Bonchev–Trinajstić information content (AvgIpc) is 3.00. The predicted molar refractivity (Wildman–Crippen MR) is 120 cm³/mol. The molecule has 1 fully saturated rings. The van der Waals surface area contributed by atoms with Gasteiger partial charge in [-0.25, -0.2) is 0 Å². The van der Waals surface area contributed by atoms with Crippen LogP contribution in [0.1, 0.15) is 66.9 Å². The summed E-state index contributed by atoms with van der Waals surface area (Å²) in [4.78, 5) is 11.5. The van der Waals surface area contributed by atoms with Crippen LogP contribution in [0, 0.1) is 5.92 Å². The zero-order valence-corrected chi connectivity index (χ0v) is 20.3. The number of benzene rings is 1. The molecule has 3 unspecified atom stereocenters. The van der Waals surface area contributed by atoms with Gasteiger partial charge in [-0.1, -0.05) is 71.9 Å². The summed E-state index contributed by atoms with van der Waals surface area (Å²) in [5.41, 5.74) is 2.76. The van der Waals surface area contributed by atoms with E-state index in [-0.39, 0.29) is 24.1 Å². The highest BCUT2D eigenvalue weighted by Crippen LogP contribution is 2.46. The van der Waals surface area contributed by atoms with Crippen molar-refractivity contribution in [2.45, 2.75) is 96.7 Å². The van der Waals surface area contributed by atoms with Gasteiger partial charge in [-0.05, 0) is 28.6 Å². The van der Waals surface area contributed by atoms with Crippen LogP contribution in [-0.4, -0.2) is 33.1 Å². The Hall–Kier alpha value is -1.17. The minimum absolute atomic E-state index is 0.0685. The molecule has 29 heavy (non-hydrogen) atoms. The molecule has 0 aliphatic heterocycles. The standard InChI is InChI=1S/C24H40O4Si/c1-17(2)29(18(3)4,19(5)6)28-24-14-23(27-20(7)25)13-22(24)16-26-15-21-11-9-8-10-12-21/h8-12,17-19,22-24H,13-16H2,1-7H3. The van der Waals surface area contributed by atoms with E-state index in [1.807, 2.05) is 18.2 Å². The number of carbonyl (C=O) groups is 1. The molecule has 0 bridgehead atoms. The summed E-state index contributed by atoms with van der Waals surface area (Å²) in [5.74, 6) is 0.0471. The van der Waals surface area contributed by atoms with Gasteiger partial charge in [0, 0.05) is 19.3 Å². The Morgan fingerprint density at radius 1 is 1.00 bits per heavy atom. The van der Waals surface area contributed by atoms with Crippen molar-refractivity contribution in [3.05, 3.63) is 35.9 Å². The highest BCUT2D eigenvalue weighted by molar-refractivity contribution is 6.77. The Bertz CT molecular complexity index is 607. The molecule has 0 spiro atoms. The highest BCUT2D eigenvalue weighted by Gasteiger charge is 2.49. The first kappa shape index (κ1) is 24.1. The topological polar surface area (TPSA) is 44.8 Å². The van der Waals surface area contributed by atoms with E-state index >= 15 is 0 Å². The maximum Gasteiger partial charge on any atom is 0.302 e. The average molecular weight is 421 g/mol. The first-order valence-corrected chi connectivity index (χ1v) is 13.3. The van der Waals surface area contributed by atoms with Gasteiger partial charge in [-0.15, -0.1) is 0 Å². The van der Waals surface area contributed by atoms with Crippen LogP contribution in [0.15, 0.2) is 30.3 Å². The van der Waals surface area contributed by atoms with Crippen molar-refractivity contribution >= 4 is 14.3 Å². The van der Waals surface area contributed by atoms with Crippen molar-refractivity contribution in [2.24, 2.45) is 5.92 Å². The zero-order valence-electron chi connectivity index (χ0n) is 19.3. The van der Waals surface area contributed by atoms with Gasteiger partial charge in [0.1, 0.15) is 6.10 Å². The fraction of sp³-hybridized carbons (Fsp3) is 0.708. The van der Waals surface area contributed by atoms with Crippen LogP contribution in [0.3, 0.4) is 0 Å². The van der Waals surface area contributed by atoms with Gasteiger partial charge in [0.05, 0.1) is 19.3 Å². The highest BCUT2D eigenvalue weighted by atomic mass is 28.4. The lowest BCUT2D eigenvalue weighted by Crippen LogP contribution is -2.51. The minimum atomic E-state index is -2.00. The monoisotopic (exact) mass is 420 g/mol. The van der Waals surface area contributed by atoms with Gasteiger partial charge in [0.2, 0.25) is 8.32 Å². The normalized spacial score (nSPS) is 22.6. The summed E-state index contributed by atoms with van der Waals surface area (Å²) in [5, 5.41) is 0. The van der Waals surface area contributed by atoms with Gasteiger partial charge in [-0.2, -0.15) is 0 Å². The molecule has 5 heteroatoms. The van der Waals surface area contributed by atoms with Gasteiger partial charge in [0.15, 0.2) is 0 Å². The number of esters is 1. The summed E-state index contributed by atoms with van der Waals surface area (Å²) in [6, 6.07) is 10.2. The summed E-state index contributed by atoms with van der Waals surface area (Å²) in [6.07, 6.45) is 1.62. The molecule has 1 aliphatic rings. The number of rotatable bonds is 10. The molecule has 0 heterocycles. The van der Waals surface area contributed by atoms with E-state index in [9.17, 15) is 4.79 Å². The molecule has 3 atom stereocenters. The summed E-state index contributed by atoms with van der Waals surface area (Å²) in [6.45, 7) is 16.6. The van der Waals surface area contributed by atoms with Crippen molar-refractivity contribution < 1.29 is 18.7 Å². The molecule has 1 aromatic carbocycles. The van der Waals surface area contributed by atoms with Crippen LogP contribution in [0.2, 0.25) is 16.6 Å². The summed E-state index contributed by atoms with van der Waals surface area (Å²) >= 11 is 0. The molecule has 1 aliphatic carbocycles. The second kappa shape index (κ2) is 10.7. The fourth-order valence-electron chi connectivity index (χ4n) is 5.26. The first-order valence-electron chi connectivity index (χ1n) is 11.1. The third-order valence-electron chi connectivity index (χ3n) is 6.43. The van der Waals surface area contributed by atoms with E-state index in [0.29, 0.717) is 29.8 Å². The van der Waals surface area contributed by atoms with Crippen molar-refractivity contribution in [1.29, 1.82) is 0 Å². The third-order valence-corrected chi connectivity index (χ3v) is 12.6.